The van der Waals surface area contributed by atoms with E-state index in [9.17, 15) is 9.59 Å². The summed E-state index contributed by atoms with van der Waals surface area (Å²) in [4.78, 5) is 23.8. The van der Waals surface area contributed by atoms with Crippen LogP contribution in [-0.2, 0) is 11.3 Å². The summed E-state index contributed by atoms with van der Waals surface area (Å²) >= 11 is 6.12. The van der Waals surface area contributed by atoms with Gasteiger partial charge in [-0.05, 0) is 60.7 Å². The number of nitrogens with one attached hydrogen (secondary N) is 3. The fraction of sp³-hybridized carbons (Fsp3) is 0.0870. The number of aliphatic carboxylic acids is 1. The molecule has 3 aromatic carbocycles. The van der Waals surface area contributed by atoms with Crippen LogP contribution in [-0.4, -0.2) is 29.4 Å². The van der Waals surface area contributed by atoms with Gasteiger partial charge in [-0.1, -0.05) is 11.6 Å². The normalized spacial score (nSPS) is 10.3. The van der Waals surface area contributed by atoms with Gasteiger partial charge in [-0.15, -0.1) is 0 Å². The Labute approximate surface area is 194 Å². The molecule has 8 N–H and O–H groups in total. The van der Waals surface area contributed by atoms with E-state index in [0.29, 0.717) is 44.5 Å². The number of nitrogen functional groups attached to an aromatic ring is 2. The molecule has 9 nitrogen and oxygen atoms in total. The Balaban J connectivity index is 1.79. The summed E-state index contributed by atoms with van der Waals surface area (Å²) in [5.41, 5.74) is 14.3. The molecule has 0 aliphatic carbocycles. The van der Waals surface area contributed by atoms with Crippen molar-refractivity contribution in [2.45, 2.75) is 6.54 Å². The molecule has 0 aromatic heterocycles. The van der Waals surface area contributed by atoms with Crippen LogP contribution in [0.1, 0.15) is 21.5 Å². The second kappa shape index (κ2) is 10.4. The molecule has 0 aliphatic rings. The van der Waals surface area contributed by atoms with E-state index in [0.717, 1.165) is 0 Å². The Hall–Kier alpha value is -4.24. The van der Waals surface area contributed by atoms with Gasteiger partial charge in [0.15, 0.2) is 6.61 Å². The quantitative estimate of drug-likeness (QED) is 0.159. The zero-order chi connectivity index (χ0) is 24.0. The number of rotatable bonds is 9. The average Bonchev–Trinajstić information content (AvgIpc) is 2.77. The molecule has 170 valence electrons. The van der Waals surface area contributed by atoms with Crippen molar-refractivity contribution in [1.29, 1.82) is 5.41 Å². The van der Waals surface area contributed by atoms with Crippen molar-refractivity contribution in [2.75, 3.05) is 23.0 Å². The van der Waals surface area contributed by atoms with Crippen LogP contribution in [0.15, 0.2) is 60.7 Å². The highest BCUT2D eigenvalue weighted by Crippen LogP contribution is 2.26. The third-order valence-corrected chi connectivity index (χ3v) is 4.82. The van der Waals surface area contributed by atoms with Gasteiger partial charge >= 0.3 is 5.97 Å². The van der Waals surface area contributed by atoms with E-state index in [1.807, 2.05) is 0 Å². The molecule has 33 heavy (non-hydrogen) atoms. The lowest BCUT2D eigenvalue weighted by Crippen LogP contribution is -2.16. The van der Waals surface area contributed by atoms with E-state index >= 15 is 0 Å². The summed E-state index contributed by atoms with van der Waals surface area (Å²) in [5.74, 6) is -1.20. The summed E-state index contributed by atoms with van der Waals surface area (Å²) in [6, 6.07) is 16.3. The van der Waals surface area contributed by atoms with Gasteiger partial charge in [-0.2, -0.15) is 0 Å². The van der Waals surface area contributed by atoms with Crippen LogP contribution in [0.5, 0.6) is 5.75 Å². The van der Waals surface area contributed by atoms with Crippen molar-refractivity contribution < 1.29 is 19.4 Å². The number of carboxylic acids is 1. The predicted molar refractivity (Wildman–Crippen MR) is 128 cm³/mol. The van der Waals surface area contributed by atoms with Gasteiger partial charge in [-0.25, -0.2) is 4.79 Å². The zero-order valence-electron chi connectivity index (χ0n) is 17.4. The Morgan fingerprint density at radius 3 is 2.45 bits per heavy atom. The second-order valence-electron chi connectivity index (χ2n) is 7.04. The minimum absolute atomic E-state index is 0.0672. The molecule has 1 amide bonds. The van der Waals surface area contributed by atoms with Gasteiger partial charge in [0.05, 0.1) is 5.56 Å². The standard InChI is InChI=1S/C23H22ClN5O4/c24-15-3-7-19(28-11-14-9-16(25)4-8-20(14)33-12-21(30)31)18(10-15)23(32)29-17-5-1-13(2-6-17)22(26)27/h1-10,28H,11-12,25H2,(H3,26,27)(H,29,32)(H,30,31). The summed E-state index contributed by atoms with van der Waals surface area (Å²) < 4.78 is 5.32. The monoisotopic (exact) mass is 467 g/mol. The minimum Gasteiger partial charge on any atom is -0.482 e. The number of amides is 1. The first kappa shape index (κ1) is 23.4. The lowest BCUT2D eigenvalue weighted by Gasteiger charge is -2.15. The van der Waals surface area contributed by atoms with Gasteiger partial charge in [-0.3, -0.25) is 10.2 Å². The molecule has 0 saturated heterocycles. The number of hydrogen-bond acceptors (Lipinski definition) is 6. The number of carboxylic acid groups (broad SMARTS) is 1. The Bertz CT molecular complexity index is 1200. The van der Waals surface area contributed by atoms with Gasteiger partial charge < -0.3 is 31.9 Å². The maximum Gasteiger partial charge on any atom is 0.341 e. The lowest BCUT2D eigenvalue weighted by atomic mass is 10.1. The van der Waals surface area contributed by atoms with Crippen LogP contribution >= 0.6 is 11.6 Å². The predicted octanol–water partition coefficient (Wildman–Crippen LogP) is 3.53. The summed E-state index contributed by atoms with van der Waals surface area (Å²) in [6.45, 7) is -0.275. The second-order valence-corrected chi connectivity index (χ2v) is 7.47. The smallest absolute Gasteiger partial charge is 0.341 e. The first-order valence-electron chi connectivity index (χ1n) is 9.75. The number of benzene rings is 3. The molecular formula is C23H22ClN5O4. The van der Waals surface area contributed by atoms with Gasteiger partial charge in [0, 0.05) is 39.8 Å². The van der Waals surface area contributed by atoms with Crippen LogP contribution in [0, 0.1) is 5.41 Å². The number of carbonyl (C=O) groups is 2. The molecule has 0 unspecified atom stereocenters. The van der Waals surface area contributed by atoms with Crippen molar-refractivity contribution in [2.24, 2.45) is 5.73 Å². The van der Waals surface area contributed by atoms with E-state index in [2.05, 4.69) is 10.6 Å². The van der Waals surface area contributed by atoms with E-state index in [1.54, 1.807) is 54.6 Å². The van der Waals surface area contributed by atoms with Crippen LogP contribution in [0.25, 0.3) is 0 Å². The highest BCUT2D eigenvalue weighted by Gasteiger charge is 2.14. The van der Waals surface area contributed by atoms with Crippen LogP contribution < -0.4 is 26.8 Å². The molecule has 0 bridgehead atoms. The number of hydrogen-bond donors (Lipinski definition) is 6. The third-order valence-electron chi connectivity index (χ3n) is 4.58. The third kappa shape index (κ3) is 6.37. The van der Waals surface area contributed by atoms with E-state index < -0.39 is 18.5 Å². The fourth-order valence-electron chi connectivity index (χ4n) is 3.00. The van der Waals surface area contributed by atoms with Crippen molar-refractivity contribution >= 4 is 46.4 Å². The molecule has 0 heterocycles. The SMILES string of the molecule is N=C(N)c1ccc(NC(=O)c2cc(Cl)ccc2NCc2cc(N)ccc2OCC(=O)O)cc1. The molecule has 3 rings (SSSR count). The van der Waals surface area contributed by atoms with Crippen molar-refractivity contribution in [3.8, 4) is 5.75 Å². The molecular weight excluding hydrogens is 446 g/mol. The van der Waals surface area contributed by atoms with Crippen molar-refractivity contribution in [3.63, 3.8) is 0 Å². The summed E-state index contributed by atoms with van der Waals surface area (Å²) in [7, 11) is 0. The molecule has 3 aromatic rings. The van der Waals surface area contributed by atoms with E-state index in [1.165, 1.54) is 6.07 Å². The molecule has 0 saturated carbocycles. The highest BCUT2D eigenvalue weighted by atomic mass is 35.5. The van der Waals surface area contributed by atoms with E-state index in [-0.39, 0.29) is 12.4 Å². The molecule has 0 fully saturated rings. The van der Waals surface area contributed by atoms with E-state index in [4.69, 9.17) is 38.3 Å². The van der Waals surface area contributed by atoms with Crippen LogP contribution in [0.2, 0.25) is 5.02 Å². The molecule has 0 atom stereocenters. The number of anilines is 3. The van der Waals surface area contributed by atoms with Crippen LogP contribution in [0.4, 0.5) is 17.1 Å². The number of carbonyl (C=O) groups excluding carboxylic acids is 1. The maximum atomic E-state index is 12.9. The van der Waals surface area contributed by atoms with Crippen LogP contribution in [0.3, 0.4) is 0 Å². The molecule has 0 spiro atoms. The Morgan fingerprint density at radius 1 is 1.06 bits per heavy atom. The molecule has 10 heteroatoms. The number of nitrogens with two attached hydrogens (primary N) is 2. The van der Waals surface area contributed by atoms with Crippen molar-refractivity contribution in [1.82, 2.24) is 0 Å². The van der Waals surface area contributed by atoms with Gasteiger partial charge in [0.25, 0.3) is 5.91 Å². The summed E-state index contributed by atoms with van der Waals surface area (Å²) in [5, 5.41) is 22.6. The fourth-order valence-corrected chi connectivity index (χ4v) is 3.17. The molecule has 0 aliphatic heterocycles. The maximum absolute atomic E-state index is 12.9. The highest BCUT2D eigenvalue weighted by molar-refractivity contribution is 6.31. The van der Waals surface area contributed by atoms with Gasteiger partial charge in [0.1, 0.15) is 11.6 Å². The molecule has 0 radical (unpaired) electrons. The first-order chi connectivity index (χ1) is 15.7. The lowest BCUT2D eigenvalue weighted by molar-refractivity contribution is -0.139. The number of halogens is 1. The first-order valence-corrected chi connectivity index (χ1v) is 10.1. The average molecular weight is 468 g/mol. The topological polar surface area (TPSA) is 164 Å². The van der Waals surface area contributed by atoms with Crippen molar-refractivity contribution in [3.05, 3.63) is 82.4 Å². The zero-order valence-corrected chi connectivity index (χ0v) is 18.1. The van der Waals surface area contributed by atoms with Gasteiger partial charge in [0.2, 0.25) is 0 Å². The number of ether oxygens (including phenoxy) is 1. The Kier molecular flexibility index (Phi) is 7.37. The number of amidine groups is 1. The Morgan fingerprint density at radius 2 is 1.79 bits per heavy atom. The minimum atomic E-state index is -1.10. The largest absolute Gasteiger partial charge is 0.482 e. The summed E-state index contributed by atoms with van der Waals surface area (Å²) in [6.07, 6.45) is 0.